The van der Waals surface area contributed by atoms with Crippen molar-refractivity contribution in [3.05, 3.63) is 63.8 Å². The summed E-state index contributed by atoms with van der Waals surface area (Å²) in [5.74, 6) is -1.39. The van der Waals surface area contributed by atoms with Gasteiger partial charge in [0.25, 0.3) is 5.91 Å². The predicted octanol–water partition coefficient (Wildman–Crippen LogP) is 5.38. The molecule has 250 valence electrons. The second-order valence-electron chi connectivity index (χ2n) is 13.5. The van der Waals surface area contributed by atoms with Crippen LogP contribution in [0, 0.1) is 5.92 Å². The van der Waals surface area contributed by atoms with Crippen molar-refractivity contribution in [2.45, 2.75) is 75.3 Å². The van der Waals surface area contributed by atoms with Gasteiger partial charge in [-0.25, -0.2) is 0 Å². The summed E-state index contributed by atoms with van der Waals surface area (Å²) in [5, 5.41) is 13.7. The number of carbonyl (C=O) groups is 3. The molecular formula is C35H40Cl2N4O6. The fourth-order valence-electron chi connectivity index (χ4n) is 7.99. The number of para-hydroxylation sites is 1. The number of fused-ring (bicyclic) bond motifs is 3. The number of amides is 2. The number of anilines is 1. The minimum Gasteiger partial charge on any atom is -0.481 e. The van der Waals surface area contributed by atoms with Gasteiger partial charge >= 0.3 is 5.97 Å². The van der Waals surface area contributed by atoms with Crippen molar-refractivity contribution in [2.24, 2.45) is 13.0 Å². The normalized spacial score (nSPS) is 27.5. The van der Waals surface area contributed by atoms with Crippen molar-refractivity contribution in [3.8, 4) is 0 Å². The van der Waals surface area contributed by atoms with Gasteiger partial charge in [0.2, 0.25) is 5.91 Å². The molecule has 1 aromatic heterocycles. The lowest BCUT2D eigenvalue weighted by Gasteiger charge is -2.32. The quantitative estimate of drug-likeness (QED) is 0.312. The maximum Gasteiger partial charge on any atom is 0.306 e. The first kappa shape index (κ1) is 32.4. The van der Waals surface area contributed by atoms with Crippen molar-refractivity contribution in [1.82, 2.24) is 14.4 Å². The largest absolute Gasteiger partial charge is 0.481 e. The number of carbonyl (C=O) groups excluding carboxylic acids is 2. The Morgan fingerprint density at radius 2 is 1.81 bits per heavy atom. The topological polar surface area (TPSA) is 113 Å². The summed E-state index contributed by atoms with van der Waals surface area (Å²) in [4.78, 5) is 43.0. The molecule has 47 heavy (non-hydrogen) atoms. The van der Waals surface area contributed by atoms with E-state index < -0.39 is 5.97 Å². The minimum atomic E-state index is -0.734. The highest BCUT2D eigenvalue weighted by atomic mass is 35.5. The van der Waals surface area contributed by atoms with E-state index >= 15 is 0 Å². The van der Waals surface area contributed by atoms with Gasteiger partial charge in [-0.3, -0.25) is 19.3 Å². The number of nitrogens with zero attached hydrogens (tertiary/aromatic N) is 3. The van der Waals surface area contributed by atoms with Crippen LogP contribution in [0.4, 0.5) is 5.69 Å². The summed E-state index contributed by atoms with van der Waals surface area (Å²) in [5.41, 5.74) is 2.44. The smallest absolute Gasteiger partial charge is 0.306 e. The molecule has 4 atom stereocenters. The Labute approximate surface area is 283 Å². The van der Waals surface area contributed by atoms with Gasteiger partial charge in [-0.05, 0) is 62.3 Å². The van der Waals surface area contributed by atoms with Crippen molar-refractivity contribution in [1.29, 1.82) is 0 Å². The van der Waals surface area contributed by atoms with Gasteiger partial charge in [-0.1, -0.05) is 41.4 Å². The van der Waals surface area contributed by atoms with E-state index in [1.807, 2.05) is 40.8 Å². The Kier molecular flexibility index (Phi) is 9.23. The van der Waals surface area contributed by atoms with E-state index in [1.54, 1.807) is 18.3 Å². The lowest BCUT2D eigenvalue weighted by Crippen LogP contribution is -2.46. The number of carboxylic acids is 1. The molecule has 3 saturated heterocycles. The highest BCUT2D eigenvalue weighted by molar-refractivity contribution is 6.36. The van der Waals surface area contributed by atoms with Gasteiger partial charge < -0.3 is 29.4 Å². The fraction of sp³-hybridized carbons (Fsp3) is 0.514. The molecular weight excluding hydrogens is 643 g/mol. The number of benzene rings is 2. The van der Waals surface area contributed by atoms with E-state index in [1.165, 1.54) is 0 Å². The van der Waals surface area contributed by atoms with Crippen LogP contribution in [0.3, 0.4) is 0 Å². The van der Waals surface area contributed by atoms with Crippen molar-refractivity contribution in [2.75, 3.05) is 31.6 Å². The van der Waals surface area contributed by atoms with Crippen LogP contribution in [0.2, 0.25) is 10.0 Å². The lowest BCUT2D eigenvalue weighted by atomic mass is 9.87. The number of aliphatic carboxylic acids is 1. The van der Waals surface area contributed by atoms with E-state index in [4.69, 9.17) is 32.7 Å². The Morgan fingerprint density at radius 1 is 1.02 bits per heavy atom. The Bertz CT molecular complexity index is 1690. The zero-order chi connectivity index (χ0) is 32.8. The number of aromatic nitrogens is 1. The first-order chi connectivity index (χ1) is 22.6. The zero-order valence-electron chi connectivity index (χ0n) is 26.4. The van der Waals surface area contributed by atoms with Gasteiger partial charge in [0.1, 0.15) is 0 Å². The second kappa shape index (κ2) is 13.4. The molecule has 4 aliphatic rings. The van der Waals surface area contributed by atoms with Crippen LogP contribution in [0.1, 0.15) is 54.4 Å². The summed E-state index contributed by atoms with van der Waals surface area (Å²) >= 11 is 13.4. The summed E-state index contributed by atoms with van der Waals surface area (Å²) in [6.07, 6.45) is 6.63. The van der Waals surface area contributed by atoms with Crippen LogP contribution < -0.4 is 5.32 Å². The molecule has 1 saturated carbocycles. The number of morpholine rings is 1. The SMILES string of the molecule is Cn1cc(C(=O)Nc2cc(Cl)c(CC(=O)N3C[C@@H](N4CC5CC4CO5)C[C@H]3COC3CCC(C(=O)O)CC3)cc2Cl)c2ccccc21. The zero-order valence-corrected chi connectivity index (χ0v) is 27.9. The molecule has 3 aliphatic heterocycles. The maximum atomic E-state index is 13.9. The third-order valence-electron chi connectivity index (χ3n) is 10.5. The van der Waals surface area contributed by atoms with Crippen LogP contribution in [0.5, 0.6) is 0 Å². The van der Waals surface area contributed by atoms with Crippen LogP contribution in [0.15, 0.2) is 42.6 Å². The Hall–Kier alpha value is -3.15. The number of rotatable bonds is 9. The van der Waals surface area contributed by atoms with Crippen molar-refractivity contribution in [3.63, 3.8) is 0 Å². The van der Waals surface area contributed by atoms with Gasteiger partial charge in [-0.2, -0.15) is 0 Å². The van der Waals surface area contributed by atoms with Crippen LogP contribution in [-0.2, 0) is 32.5 Å². The molecule has 2 N–H and O–H groups in total. The first-order valence-electron chi connectivity index (χ1n) is 16.5. The number of ether oxygens (including phenoxy) is 2. The number of aryl methyl sites for hydroxylation is 1. The number of halogens is 2. The highest BCUT2D eigenvalue weighted by Crippen LogP contribution is 2.36. The van der Waals surface area contributed by atoms with E-state index in [2.05, 4.69) is 10.2 Å². The van der Waals surface area contributed by atoms with Crippen molar-refractivity contribution < 1.29 is 29.0 Å². The Balaban J connectivity index is 1.03. The summed E-state index contributed by atoms with van der Waals surface area (Å²) in [6, 6.07) is 11.5. The average Bonchev–Trinajstić information content (AvgIpc) is 3.86. The number of hydrogen-bond acceptors (Lipinski definition) is 6. The van der Waals surface area contributed by atoms with E-state index in [0.717, 1.165) is 36.9 Å². The van der Waals surface area contributed by atoms with Crippen molar-refractivity contribution >= 4 is 57.6 Å². The van der Waals surface area contributed by atoms with Gasteiger partial charge in [-0.15, -0.1) is 0 Å². The van der Waals surface area contributed by atoms with Crippen LogP contribution in [-0.4, -0.2) is 93.9 Å². The molecule has 1 aliphatic carbocycles. The number of likely N-dealkylation sites (tertiary alicyclic amines) is 2. The highest BCUT2D eigenvalue weighted by Gasteiger charge is 2.47. The molecule has 4 heterocycles. The molecule has 2 bridgehead atoms. The summed E-state index contributed by atoms with van der Waals surface area (Å²) in [7, 11) is 1.89. The molecule has 2 aromatic carbocycles. The fourth-order valence-corrected chi connectivity index (χ4v) is 8.46. The number of carboxylic acid groups (broad SMARTS) is 1. The molecule has 4 fully saturated rings. The van der Waals surface area contributed by atoms with E-state index in [-0.39, 0.29) is 48.4 Å². The molecule has 3 aromatic rings. The molecule has 2 amide bonds. The Morgan fingerprint density at radius 3 is 2.53 bits per heavy atom. The van der Waals surface area contributed by atoms with Gasteiger partial charge in [0.15, 0.2) is 0 Å². The molecule has 12 heteroatoms. The molecule has 0 spiro atoms. The van der Waals surface area contributed by atoms with Crippen LogP contribution in [0.25, 0.3) is 10.9 Å². The monoisotopic (exact) mass is 682 g/mol. The molecule has 7 rings (SSSR count). The van der Waals surface area contributed by atoms with Crippen LogP contribution >= 0.6 is 23.2 Å². The third-order valence-corrected chi connectivity index (χ3v) is 11.2. The van der Waals surface area contributed by atoms with Gasteiger partial charge in [0.05, 0.1) is 60.1 Å². The third kappa shape index (κ3) is 6.63. The number of hydrogen-bond donors (Lipinski definition) is 2. The van der Waals surface area contributed by atoms with E-state index in [9.17, 15) is 19.5 Å². The predicted molar refractivity (Wildman–Crippen MR) is 179 cm³/mol. The second-order valence-corrected chi connectivity index (χ2v) is 14.3. The maximum absolute atomic E-state index is 13.9. The lowest BCUT2D eigenvalue weighted by molar-refractivity contribution is -0.144. The molecule has 10 nitrogen and oxygen atoms in total. The standard InChI is InChI=1S/C35H40Cl2N4O6/c1-39-17-28(27-4-2-3-5-32(27)39)34(43)38-31-14-29(36)21(10-30(31)37)11-33(42)41-15-22(40-16-26-13-24(40)19-47-26)12-23(41)18-46-25-8-6-20(7-9-25)35(44)45/h2-5,10,14,17,20,22-26H,6-9,11-13,15-16,18-19H2,1H3,(H,38,43)(H,44,45)/t20?,22-,23-,24?,25?,26?/m0/s1. The molecule has 2 unspecified atom stereocenters. The van der Waals surface area contributed by atoms with E-state index in [0.29, 0.717) is 71.7 Å². The summed E-state index contributed by atoms with van der Waals surface area (Å²) < 4.78 is 14.1. The average molecular weight is 684 g/mol. The minimum absolute atomic E-state index is 0.00248. The summed E-state index contributed by atoms with van der Waals surface area (Å²) in [6.45, 7) is 2.64. The number of nitrogens with one attached hydrogen (secondary N) is 1. The van der Waals surface area contributed by atoms with Gasteiger partial charge in [0, 0.05) is 54.3 Å². The molecule has 0 radical (unpaired) electrons. The first-order valence-corrected chi connectivity index (χ1v) is 17.2.